The molecule has 1 saturated heterocycles. The highest BCUT2D eigenvalue weighted by atomic mass is 79.9. The summed E-state index contributed by atoms with van der Waals surface area (Å²) < 4.78 is 0.812. The molecule has 0 radical (unpaired) electrons. The molecule has 2 rings (SSSR count). The van der Waals surface area contributed by atoms with E-state index in [1.54, 1.807) is 18.2 Å². The van der Waals surface area contributed by atoms with E-state index in [0.717, 1.165) is 36.3 Å². The molecule has 0 saturated carbocycles. The summed E-state index contributed by atoms with van der Waals surface area (Å²) in [6.45, 7) is 3.79. The van der Waals surface area contributed by atoms with Crippen LogP contribution >= 0.6 is 15.9 Å². The normalized spacial score (nSPS) is 16.9. The Kier molecular flexibility index (Phi) is 4.27. The molecule has 1 aromatic rings. The Labute approximate surface area is 116 Å². The molecule has 1 aliphatic heterocycles. The van der Waals surface area contributed by atoms with Crippen LogP contribution in [0.3, 0.4) is 0 Å². The highest BCUT2D eigenvalue weighted by Gasteiger charge is 2.24. The summed E-state index contributed by atoms with van der Waals surface area (Å²) in [6, 6.07) is 4.97. The molecule has 18 heavy (non-hydrogen) atoms. The molecule has 0 spiro atoms. The van der Waals surface area contributed by atoms with E-state index >= 15 is 0 Å². The quantitative estimate of drug-likeness (QED) is 0.909. The molecule has 4 heteroatoms. The van der Waals surface area contributed by atoms with Crippen LogP contribution < -0.4 is 0 Å². The van der Waals surface area contributed by atoms with E-state index < -0.39 is 0 Å². The number of hydrogen-bond acceptors (Lipinski definition) is 2. The van der Waals surface area contributed by atoms with E-state index in [-0.39, 0.29) is 11.7 Å². The number of carbonyl (C=O) groups excluding carboxylic acids is 1. The molecular weight excluding hydrogens is 294 g/mol. The maximum atomic E-state index is 12.3. The summed E-state index contributed by atoms with van der Waals surface area (Å²) in [5.41, 5.74) is 0.388. The van der Waals surface area contributed by atoms with Crippen molar-refractivity contribution in [1.29, 1.82) is 0 Å². The molecule has 1 fully saturated rings. The van der Waals surface area contributed by atoms with E-state index in [2.05, 4.69) is 22.9 Å². The molecule has 1 N–H and O–H groups in total. The van der Waals surface area contributed by atoms with E-state index in [0.29, 0.717) is 5.56 Å². The second-order valence-corrected chi connectivity index (χ2v) is 5.72. The second kappa shape index (κ2) is 5.74. The Morgan fingerprint density at radius 2 is 2.11 bits per heavy atom. The lowest BCUT2D eigenvalue weighted by Crippen LogP contribution is -2.38. The van der Waals surface area contributed by atoms with E-state index in [4.69, 9.17) is 0 Å². The molecule has 3 nitrogen and oxygen atoms in total. The number of phenols is 1. The molecule has 1 aliphatic rings. The average molecular weight is 312 g/mol. The van der Waals surface area contributed by atoms with Crippen LogP contribution in [0.25, 0.3) is 0 Å². The predicted molar refractivity (Wildman–Crippen MR) is 74.7 cm³/mol. The van der Waals surface area contributed by atoms with Crippen molar-refractivity contribution in [3.05, 3.63) is 28.2 Å². The number of amides is 1. The van der Waals surface area contributed by atoms with Crippen molar-refractivity contribution >= 4 is 21.8 Å². The van der Waals surface area contributed by atoms with Gasteiger partial charge in [-0.25, -0.2) is 0 Å². The number of carbonyl (C=O) groups is 1. The minimum atomic E-state index is -0.0663. The molecule has 0 aliphatic carbocycles. The zero-order valence-electron chi connectivity index (χ0n) is 10.5. The van der Waals surface area contributed by atoms with Crippen LogP contribution in [0, 0.1) is 5.92 Å². The zero-order chi connectivity index (χ0) is 13.1. The van der Waals surface area contributed by atoms with Gasteiger partial charge < -0.3 is 10.0 Å². The Bertz CT molecular complexity index is 439. The Morgan fingerprint density at radius 3 is 2.72 bits per heavy atom. The van der Waals surface area contributed by atoms with Gasteiger partial charge in [0.1, 0.15) is 5.75 Å². The fraction of sp³-hybridized carbons (Fsp3) is 0.500. The van der Waals surface area contributed by atoms with Crippen LogP contribution in [-0.2, 0) is 0 Å². The fourth-order valence-corrected chi connectivity index (χ4v) is 2.76. The Balaban J connectivity index is 2.10. The van der Waals surface area contributed by atoms with Gasteiger partial charge in [0.05, 0.1) is 5.56 Å². The first-order valence-corrected chi connectivity index (χ1v) is 7.19. The van der Waals surface area contributed by atoms with Crippen LogP contribution in [0.4, 0.5) is 0 Å². The van der Waals surface area contributed by atoms with E-state index in [9.17, 15) is 9.90 Å². The van der Waals surface area contributed by atoms with Crippen molar-refractivity contribution in [2.45, 2.75) is 26.2 Å². The number of piperidine rings is 1. The van der Waals surface area contributed by atoms with Gasteiger partial charge in [-0.15, -0.1) is 0 Å². The van der Waals surface area contributed by atoms with Crippen LogP contribution in [0.5, 0.6) is 5.75 Å². The molecule has 0 bridgehead atoms. The summed E-state index contributed by atoms with van der Waals surface area (Å²) in [6.07, 6.45) is 3.32. The summed E-state index contributed by atoms with van der Waals surface area (Å²) in [4.78, 5) is 14.2. The number of nitrogens with zero attached hydrogens (tertiary/aromatic N) is 1. The fourth-order valence-electron chi connectivity index (χ4n) is 2.39. The number of aromatic hydroxyl groups is 1. The van der Waals surface area contributed by atoms with Gasteiger partial charge in [-0.3, -0.25) is 4.79 Å². The van der Waals surface area contributed by atoms with Gasteiger partial charge in [0, 0.05) is 17.6 Å². The van der Waals surface area contributed by atoms with Gasteiger partial charge in [0.15, 0.2) is 0 Å². The van der Waals surface area contributed by atoms with Crippen molar-refractivity contribution in [2.24, 2.45) is 5.92 Å². The molecule has 1 amide bonds. The maximum absolute atomic E-state index is 12.3. The molecular formula is C14H18BrNO2. The summed E-state index contributed by atoms with van der Waals surface area (Å²) in [5, 5.41) is 9.77. The molecule has 0 unspecified atom stereocenters. The largest absolute Gasteiger partial charge is 0.507 e. The van der Waals surface area contributed by atoms with Crippen LogP contribution in [0.1, 0.15) is 36.5 Å². The Hall–Kier alpha value is -1.03. The minimum Gasteiger partial charge on any atom is -0.507 e. The number of halogens is 1. The van der Waals surface area contributed by atoms with Crippen molar-refractivity contribution in [3.8, 4) is 5.75 Å². The molecule has 0 atom stereocenters. The highest BCUT2D eigenvalue weighted by Crippen LogP contribution is 2.26. The first kappa shape index (κ1) is 13.4. The third-order valence-corrected chi connectivity index (χ3v) is 4.16. The molecule has 0 aromatic heterocycles. The van der Waals surface area contributed by atoms with E-state index in [1.165, 1.54) is 6.42 Å². The third-order valence-electron chi connectivity index (χ3n) is 3.67. The lowest BCUT2D eigenvalue weighted by atomic mass is 9.94. The van der Waals surface area contributed by atoms with Crippen molar-refractivity contribution < 1.29 is 9.90 Å². The number of phenolic OH excluding ortho intramolecular Hbond substituents is 1. The highest BCUT2D eigenvalue weighted by molar-refractivity contribution is 9.10. The molecule has 98 valence electrons. The molecule has 1 aromatic carbocycles. The number of hydrogen-bond donors (Lipinski definition) is 1. The smallest absolute Gasteiger partial charge is 0.257 e. The summed E-state index contributed by atoms with van der Waals surface area (Å²) >= 11 is 3.33. The van der Waals surface area contributed by atoms with Gasteiger partial charge in [0.25, 0.3) is 5.91 Å². The number of likely N-dealkylation sites (tertiary alicyclic amines) is 1. The second-order valence-electron chi connectivity index (χ2n) is 4.81. The lowest BCUT2D eigenvalue weighted by molar-refractivity contribution is 0.0685. The lowest BCUT2D eigenvalue weighted by Gasteiger charge is -2.31. The maximum Gasteiger partial charge on any atom is 0.257 e. The van der Waals surface area contributed by atoms with Gasteiger partial charge >= 0.3 is 0 Å². The van der Waals surface area contributed by atoms with Gasteiger partial charge in [-0.05, 0) is 37.0 Å². The molecule has 1 heterocycles. The monoisotopic (exact) mass is 311 g/mol. The predicted octanol–water partition coefficient (Wildman–Crippen LogP) is 3.42. The summed E-state index contributed by atoms with van der Waals surface area (Å²) in [5.74, 6) is 0.731. The van der Waals surface area contributed by atoms with E-state index in [1.807, 2.05) is 4.90 Å². The Morgan fingerprint density at radius 1 is 1.44 bits per heavy atom. The van der Waals surface area contributed by atoms with Crippen LogP contribution in [0.15, 0.2) is 22.7 Å². The topological polar surface area (TPSA) is 40.5 Å². The van der Waals surface area contributed by atoms with Crippen molar-refractivity contribution in [3.63, 3.8) is 0 Å². The van der Waals surface area contributed by atoms with Crippen molar-refractivity contribution in [1.82, 2.24) is 4.90 Å². The van der Waals surface area contributed by atoms with Gasteiger partial charge in [0.2, 0.25) is 0 Å². The average Bonchev–Trinajstić information content (AvgIpc) is 2.41. The standard InChI is InChI=1S/C14H18BrNO2/c1-2-10-5-7-16(8-6-10)14(18)12-9-11(15)3-4-13(12)17/h3-4,9-10,17H,2,5-8H2,1H3. The third kappa shape index (κ3) is 2.86. The van der Waals surface area contributed by atoms with Crippen molar-refractivity contribution in [2.75, 3.05) is 13.1 Å². The van der Waals surface area contributed by atoms with Crippen LogP contribution in [-0.4, -0.2) is 29.0 Å². The SMILES string of the molecule is CCC1CCN(C(=O)c2cc(Br)ccc2O)CC1. The first-order chi connectivity index (χ1) is 8.61. The van der Waals surface area contributed by atoms with Gasteiger partial charge in [-0.2, -0.15) is 0 Å². The number of rotatable bonds is 2. The summed E-state index contributed by atoms with van der Waals surface area (Å²) in [7, 11) is 0. The van der Waals surface area contributed by atoms with Crippen LogP contribution in [0.2, 0.25) is 0 Å². The zero-order valence-corrected chi connectivity index (χ0v) is 12.1. The minimum absolute atomic E-state index is 0.0563. The van der Waals surface area contributed by atoms with Gasteiger partial charge in [-0.1, -0.05) is 29.3 Å². The number of benzene rings is 1. The first-order valence-electron chi connectivity index (χ1n) is 6.39.